The van der Waals surface area contributed by atoms with Crippen molar-refractivity contribution in [3.63, 3.8) is 0 Å². The Balaban J connectivity index is 1.88. The third-order valence-electron chi connectivity index (χ3n) is 4.19. The van der Waals surface area contributed by atoms with Gasteiger partial charge in [-0.15, -0.1) is 0 Å². The van der Waals surface area contributed by atoms with Crippen LogP contribution in [0.4, 0.5) is 0 Å². The summed E-state index contributed by atoms with van der Waals surface area (Å²) in [5.41, 5.74) is 3.55. The van der Waals surface area contributed by atoms with Crippen LogP contribution in [0.1, 0.15) is 16.7 Å². The van der Waals surface area contributed by atoms with E-state index in [0.717, 1.165) is 17.5 Å². The molecular weight excluding hydrogens is 284 g/mol. The van der Waals surface area contributed by atoms with E-state index in [4.69, 9.17) is 0 Å². The Morgan fingerprint density at radius 3 is 2.35 bits per heavy atom. The molecule has 0 fully saturated rings. The molecule has 0 saturated heterocycles. The monoisotopic (exact) mass is 310 g/mol. The number of carbonyl (C=O) groups excluding carboxylic acids is 1. The molecule has 1 N–H and O–H groups in total. The second-order valence-electron chi connectivity index (χ2n) is 6.21. The van der Waals surface area contributed by atoms with Crippen molar-refractivity contribution in [2.75, 3.05) is 20.6 Å². The Kier molecular flexibility index (Phi) is 6.36. The summed E-state index contributed by atoms with van der Waals surface area (Å²) in [5, 5.41) is 3.08. The normalized spacial score (nSPS) is 12.2. The molecule has 0 radical (unpaired) electrons. The number of benzene rings is 2. The average Bonchev–Trinajstić information content (AvgIpc) is 2.54. The summed E-state index contributed by atoms with van der Waals surface area (Å²) in [6.45, 7) is 2.70. The van der Waals surface area contributed by atoms with Crippen LogP contribution in [0.3, 0.4) is 0 Å². The van der Waals surface area contributed by atoms with E-state index < -0.39 is 0 Å². The number of carbonyl (C=O) groups is 1. The molecule has 2 rings (SSSR count). The van der Waals surface area contributed by atoms with Gasteiger partial charge in [-0.3, -0.25) is 4.79 Å². The first-order valence-corrected chi connectivity index (χ1v) is 8.08. The Morgan fingerprint density at radius 2 is 1.70 bits per heavy atom. The molecule has 122 valence electrons. The van der Waals surface area contributed by atoms with Crippen LogP contribution in [0, 0.1) is 6.92 Å². The summed E-state index contributed by atoms with van der Waals surface area (Å²) in [7, 11) is 4.11. The number of rotatable bonds is 7. The Labute approximate surface area is 139 Å². The van der Waals surface area contributed by atoms with Gasteiger partial charge in [0.2, 0.25) is 5.91 Å². The molecule has 0 bridgehead atoms. The maximum atomic E-state index is 12.2. The fourth-order valence-corrected chi connectivity index (χ4v) is 2.60. The van der Waals surface area contributed by atoms with Crippen LogP contribution in [-0.4, -0.2) is 37.5 Å². The van der Waals surface area contributed by atoms with Gasteiger partial charge in [-0.05, 0) is 44.1 Å². The molecular formula is C20H26N2O. The van der Waals surface area contributed by atoms with E-state index in [9.17, 15) is 4.79 Å². The van der Waals surface area contributed by atoms with Crippen molar-refractivity contribution in [2.45, 2.75) is 25.8 Å². The zero-order valence-electron chi connectivity index (χ0n) is 14.3. The van der Waals surface area contributed by atoms with Gasteiger partial charge in [0.05, 0.1) is 6.42 Å². The molecule has 0 aliphatic carbocycles. The van der Waals surface area contributed by atoms with Crippen LogP contribution >= 0.6 is 0 Å². The van der Waals surface area contributed by atoms with E-state index in [1.165, 1.54) is 5.56 Å². The van der Waals surface area contributed by atoms with Crippen LogP contribution in [0.2, 0.25) is 0 Å². The molecule has 2 aromatic rings. The van der Waals surface area contributed by atoms with Gasteiger partial charge < -0.3 is 10.2 Å². The second kappa shape index (κ2) is 8.49. The summed E-state index contributed by atoms with van der Waals surface area (Å²) >= 11 is 0. The van der Waals surface area contributed by atoms with Crippen molar-refractivity contribution >= 4 is 5.91 Å². The van der Waals surface area contributed by atoms with E-state index in [1.54, 1.807) is 0 Å². The quantitative estimate of drug-likeness (QED) is 0.853. The number of nitrogens with one attached hydrogen (secondary N) is 1. The standard InChI is InChI=1S/C20H26N2O/c1-16-9-7-8-12-18(16)14-20(23)21-15-19(22(2)3)13-17-10-5-4-6-11-17/h4-12,19H,13-15H2,1-3H3,(H,21,23). The van der Waals surface area contributed by atoms with Gasteiger partial charge in [0.15, 0.2) is 0 Å². The smallest absolute Gasteiger partial charge is 0.224 e. The Morgan fingerprint density at radius 1 is 1.04 bits per heavy atom. The van der Waals surface area contributed by atoms with Gasteiger partial charge in [-0.2, -0.15) is 0 Å². The van der Waals surface area contributed by atoms with Crippen molar-refractivity contribution in [1.82, 2.24) is 10.2 Å². The maximum absolute atomic E-state index is 12.2. The molecule has 1 atom stereocenters. The number of amides is 1. The Hall–Kier alpha value is -2.13. The average molecular weight is 310 g/mol. The molecule has 1 amide bonds. The number of likely N-dealkylation sites (N-methyl/N-ethyl adjacent to an activating group) is 1. The lowest BCUT2D eigenvalue weighted by Gasteiger charge is -2.25. The zero-order valence-corrected chi connectivity index (χ0v) is 14.3. The molecule has 3 nitrogen and oxygen atoms in total. The molecule has 0 saturated carbocycles. The minimum absolute atomic E-state index is 0.0826. The van der Waals surface area contributed by atoms with Crippen LogP contribution in [0.15, 0.2) is 54.6 Å². The molecule has 0 spiro atoms. The Bertz CT molecular complexity index is 623. The summed E-state index contributed by atoms with van der Waals surface area (Å²) in [6.07, 6.45) is 1.37. The summed E-state index contributed by atoms with van der Waals surface area (Å²) in [4.78, 5) is 14.4. The summed E-state index contributed by atoms with van der Waals surface area (Å²) in [6, 6.07) is 18.7. The van der Waals surface area contributed by atoms with E-state index >= 15 is 0 Å². The fraction of sp³-hybridized carbons (Fsp3) is 0.350. The van der Waals surface area contributed by atoms with Crippen molar-refractivity contribution < 1.29 is 4.79 Å². The van der Waals surface area contributed by atoms with E-state index in [1.807, 2.05) is 37.3 Å². The molecule has 0 aliphatic rings. The number of hydrogen-bond acceptors (Lipinski definition) is 2. The number of hydrogen-bond donors (Lipinski definition) is 1. The molecule has 3 heteroatoms. The van der Waals surface area contributed by atoms with Gasteiger partial charge in [0, 0.05) is 12.6 Å². The van der Waals surface area contributed by atoms with Gasteiger partial charge in [0.1, 0.15) is 0 Å². The third-order valence-corrected chi connectivity index (χ3v) is 4.19. The predicted molar refractivity (Wildman–Crippen MR) is 95.5 cm³/mol. The molecule has 0 heterocycles. The first-order valence-electron chi connectivity index (χ1n) is 8.08. The van der Waals surface area contributed by atoms with E-state index in [0.29, 0.717) is 19.0 Å². The van der Waals surface area contributed by atoms with Gasteiger partial charge in [0.25, 0.3) is 0 Å². The van der Waals surface area contributed by atoms with Gasteiger partial charge in [-0.25, -0.2) is 0 Å². The minimum Gasteiger partial charge on any atom is -0.354 e. The van der Waals surface area contributed by atoms with Crippen molar-refractivity contribution in [1.29, 1.82) is 0 Å². The lowest BCUT2D eigenvalue weighted by molar-refractivity contribution is -0.120. The number of aryl methyl sites for hydroxylation is 1. The lowest BCUT2D eigenvalue weighted by Crippen LogP contribution is -2.42. The maximum Gasteiger partial charge on any atom is 0.224 e. The van der Waals surface area contributed by atoms with Crippen molar-refractivity contribution in [2.24, 2.45) is 0 Å². The van der Waals surface area contributed by atoms with Crippen LogP contribution in [0.5, 0.6) is 0 Å². The molecule has 2 aromatic carbocycles. The summed E-state index contributed by atoms with van der Waals surface area (Å²) in [5.74, 6) is 0.0826. The van der Waals surface area contributed by atoms with E-state index in [2.05, 4.69) is 48.6 Å². The molecule has 0 aliphatic heterocycles. The second-order valence-corrected chi connectivity index (χ2v) is 6.21. The van der Waals surface area contributed by atoms with E-state index in [-0.39, 0.29) is 5.91 Å². The highest BCUT2D eigenvalue weighted by Crippen LogP contribution is 2.08. The first-order chi connectivity index (χ1) is 11.1. The lowest BCUT2D eigenvalue weighted by atomic mass is 10.0. The molecule has 23 heavy (non-hydrogen) atoms. The largest absolute Gasteiger partial charge is 0.354 e. The van der Waals surface area contributed by atoms with Crippen molar-refractivity contribution in [3.8, 4) is 0 Å². The number of nitrogens with zero attached hydrogens (tertiary/aromatic N) is 1. The van der Waals surface area contributed by atoms with Crippen LogP contribution in [-0.2, 0) is 17.6 Å². The highest BCUT2D eigenvalue weighted by Gasteiger charge is 2.14. The van der Waals surface area contributed by atoms with Crippen LogP contribution in [0.25, 0.3) is 0 Å². The predicted octanol–water partition coefficient (Wildman–Crippen LogP) is 2.83. The highest BCUT2D eigenvalue weighted by molar-refractivity contribution is 5.78. The minimum atomic E-state index is 0.0826. The van der Waals surface area contributed by atoms with Crippen LogP contribution < -0.4 is 5.32 Å². The zero-order chi connectivity index (χ0) is 16.7. The van der Waals surface area contributed by atoms with Gasteiger partial charge in [-0.1, -0.05) is 54.6 Å². The van der Waals surface area contributed by atoms with Crippen molar-refractivity contribution in [3.05, 3.63) is 71.3 Å². The topological polar surface area (TPSA) is 32.3 Å². The first kappa shape index (κ1) is 17.2. The third kappa shape index (κ3) is 5.53. The highest BCUT2D eigenvalue weighted by atomic mass is 16.1. The fourth-order valence-electron chi connectivity index (χ4n) is 2.60. The molecule has 0 aromatic heterocycles. The SMILES string of the molecule is Cc1ccccc1CC(=O)NCC(Cc1ccccc1)N(C)C. The summed E-state index contributed by atoms with van der Waals surface area (Å²) < 4.78 is 0. The molecule has 1 unspecified atom stereocenters. The van der Waals surface area contributed by atoms with Gasteiger partial charge >= 0.3 is 0 Å².